The van der Waals surface area contributed by atoms with Gasteiger partial charge in [0.15, 0.2) is 0 Å². The Bertz CT molecular complexity index is 185. The van der Waals surface area contributed by atoms with Crippen molar-refractivity contribution in [2.24, 2.45) is 17.8 Å². The molecule has 3 atom stereocenters. The number of carbonyl (C=O) groups excluding carboxylic acids is 1. The van der Waals surface area contributed by atoms with E-state index in [4.69, 9.17) is 0 Å². The van der Waals surface area contributed by atoms with Crippen LogP contribution in [0.15, 0.2) is 0 Å². The van der Waals surface area contributed by atoms with Crippen LogP contribution in [0.5, 0.6) is 0 Å². The van der Waals surface area contributed by atoms with Gasteiger partial charge in [0, 0.05) is 12.3 Å². The van der Waals surface area contributed by atoms with Crippen LogP contribution < -0.4 is 0 Å². The van der Waals surface area contributed by atoms with Crippen LogP contribution in [0.4, 0.5) is 0 Å². The Hall–Kier alpha value is -0.330. The quantitative estimate of drug-likeness (QED) is 0.541. The molecule has 0 bridgehead atoms. The van der Waals surface area contributed by atoms with E-state index < -0.39 is 0 Å². The maximum absolute atomic E-state index is 11.4. The molecule has 2 aliphatic carbocycles. The van der Waals surface area contributed by atoms with Crippen LogP contribution in [0.1, 0.15) is 45.4 Å². The second kappa shape index (κ2) is 3.20. The first-order chi connectivity index (χ1) is 5.79. The fourth-order valence-electron chi connectivity index (χ4n) is 3.05. The Morgan fingerprint density at radius 1 is 1.17 bits per heavy atom. The van der Waals surface area contributed by atoms with Crippen LogP contribution in [0, 0.1) is 17.8 Å². The van der Waals surface area contributed by atoms with Crippen LogP contribution in [0.3, 0.4) is 0 Å². The molecule has 1 nitrogen and oxygen atoms in total. The fourth-order valence-corrected chi connectivity index (χ4v) is 3.05. The zero-order valence-corrected chi connectivity index (χ0v) is 7.88. The van der Waals surface area contributed by atoms with Gasteiger partial charge in [-0.3, -0.25) is 4.79 Å². The first-order valence-corrected chi connectivity index (χ1v) is 5.32. The maximum Gasteiger partial charge on any atom is 0.135 e. The number of fused-ring (bicyclic) bond motifs is 1. The highest BCUT2D eigenvalue weighted by Crippen LogP contribution is 2.41. The number of ketones is 1. The van der Waals surface area contributed by atoms with Gasteiger partial charge in [-0.25, -0.2) is 0 Å². The SMILES string of the molecule is C[C@H]1C(=O)CC[C@H]2CCCC[C@@H]21. The zero-order valence-electron chi connectivity index (χ0n) is 7.88. The molecule has 0 aliphatic heterocycles. The van der Waals surface area contributed by atoms with Crippen molar-refractivity contribution in [3.05, 3.63) is 0 Å². The second-order valence-electron chi connectivity index (χ2n) is 4.50. The van der Waals surface area contributed by atoms with Gasteiger partial charge in [0.1, 0.15) is 5.78 Å². The van der Waals surface area contributed by atoms with Gasteiger partial charge < -0.3 is 0 Å². The van der Waals surface area contributed by atoms with Crippen molar-refractivity contribution in [3.8, 4) is 0 Å². The van der Waals surface area contributed by atoms with Crippen molar-refractivity contribution in [3.63, 3.8) is 0 Å². The number of hydrogen-bond donors (Lipinski definition) is 0. The molecule has 2 fully saturated rings. The lowest BCUT2D eigenvalue weighted by Gasteiger charge is -2.38. The molecular formula is C11H18O. The average Bonchev–Trinajstić information content (AvgIpc) is 2.12. The van der Waals surface area contributed by atoms with Crippen LogP contribution in [0.2, 0.25) is 0 Å². The summed E-state index contributed by atoms with van der Waals surface area (Å²) in [6.07, 6.45) is 7.52. The summed E-state index contributed by atoms with van der Waals surface area (Å²) in [5, 5.41) is 0. The predicted octanol–water partition coefficient (Wildman–Crippen LogP) is 2.79. The van der Waals surface area contributed by atoms with E-state index in [1.807, 2.05) is 0 Å². The Balaban J connectivity index is 2.08. The van der Waals surface area contributed by atoms with E-state index in [1.165, 1.54) is 32.1 Å². The molecule has 0 aromatic carbocycles. The summed E-state index contributed by atoms with van der Waals surface area (Å²) < 4.78 is 0. The largest absolute Gasteiger partial charge is 0.299 e. The van der Waals surface area contributed by atoms with Crippen molar-refractivity contribution in [2.75, 3.05) is 0 Å². The average molecular weight is 166 g/mol. The predicted molar refractivity (Wildman–Crippen MR) is 48.9 cm³/mol. The lowest BCUT2D eigenvalue weighted by molar-refractivity contribution is -0.128. The van der Waals surface area contributed by atoms with Gasteiger partial charge in [-0.2, -0.15) is 0 Å². The third kappa shape index (κ3) is 1.30. The van der Waals surface area contributed by atoms with E-state index in [9.17, 15) is 4.79 Å². The van der Waals surface area contributed by atoms with E-state index in [2.05, 4.69) is 6.92 Å². The van der Waals surface area contributed by atoms with Gasteiger partial charge >= 0.3 is 0 Å². The van der Waals surface area contributed by atoms with Gasteiger partial charge in [-0.1, -0.05) is 26.2 Å². The van der Waals surface area contributed by atoms with Crippen molar-refractivity contribution < 1.29 is 4.79 Å². The molecule has 1 heteroatoms. The van der Waals surface area contributed by atoms with E-state index in [1.54, 1.807) is 0 Å². The van der Waals surface area contributed by atoms with Crippen LogP contribution in [-0.2, 0) is 4.79 Å². The van der Waals surface area contributed by atoms with E-state index in [0.29, 0.717) is 11.7 Å². The molecule has 0 saturated heterocycles. The lowest BCUT2D eigenvalue weighted by Crippen LogP contribution is -2.35. The Morgan fingerprint density at radius 2 is 1.92 bits per heavy atom. The van der Waals surface area contributed by atoms with Gasteiger partial charge in [-0.15, -0.1) is 0 Å². The molecule has 0 aromatic heterocycles. The summed E-state index contributed by atoms with van der Waals surface area (Å²) in [7, 11) is 0. The minimum Gasteiger partial charge on any atom is -0.299 e. The Labute approximate surface area is 74.5 Å². The highest BCUT2D eigenvalue weighted by atomic mass is 16.1. The zero-order chi connectivity index (χ0) is 8.55. The summed E-state index contributed by atoms with van der Waals surface area (Å²) in [4.78, 5) is 11.4. The van der Waals surface area contributed by atoms with E-state index >= 15 is 0 Å². The van der Waals surface area contributed by atoms with Crippen molar-refractivity contribution >= 4 is 5.78 Å². The monoisotopic (exact) mass is 166 g/mol. The van der Waals surface area contributed by atoms with Crippen LogP contribution in [-0.4, -0.2) is 5.78 Å². The molecule has 0 spiro atoms. The molecule has 0 N–H and O–H groups in total. The number of hydrogen-bond acceptors (Lipinski definition) is 1. The molecular weight excluding hydrogens is 148 g/mol. The summed E-state index contributed by atoms with van der Waals surface area (Å²) in [5.41, 5.74) is 0. The molecule has 2 rings (SSSR count). The Kier molecular flexibility index (Phi) is 2.20. The van der Waals surface area contributed by atoms with E-state index in [-0.39, 0.29) is 0 Å². The summed E-state index contributed by atoms with van der Waals surface area (Å²) in [5.74, 6) is 2.55. The van der Waals surface area contributed by atoms with Crippen LogP contribution >= 0.6 is 0 Å². The number of rotatable bonds is 0. The lowest BCUT2D eigenvalue weighted by atomic mass is 9.66. The molecule has 68 valence electrons. The topological polar surface area (TPSA) is 17.1 Å². The molecule has 2 saturated carbocycles. The molecule has 12 heavy (non-hydrogen) atoms. The molecule has 0 amide bonds. The molecule has 0 radical (unpaired) electrons. The van der Waals surface area contributed by atoms with Gasteiger partial charge in [0.25, 0.3) is 0 Å². The first-order valence-electron chi connectivity index (χ1n) is 5.32. The minimum absolute atomic E-state index is 0.379. The normalized spacial score (nSPS) is 42.4. The standard InChI is InChI=1S/C11H18O/c1-8-10-5-3-2-4-9(10)6-7-11(8)12/h8-10H,2-7H2,1H3/t8-,9-,10-/m1/s1. The first kappa shape index (κ1) is 8.28. The summed E-state index contributed by atoms with van der Waals surface area (Å²) in [6, 6.07) is 0. The van der Waals surface area contributed by atoms with Crippen molar-refractivity contribution in [1.29, 1.82) is 0 Å². The van der Waals surface area contributed by atoms with Crippen LogP contribution in [0.25, 0.3) is 0 Å². The highest BCUT2D eigenvalue weighted by Gasteiger charge is 2.36. The Morgan fingerprint density at radius 3 is 2.75 bits per heavy atom. The second-order valence-corrected chi connectivity index (χ2v) is 4.50. The third-order valence-electron chi connectivity index (χ3n) is 3.88. The van der Waals surface area contributed by atoms with Gasteiger partial charge in [0.2, 0.25) is 0 Å². The molecule has 0 unspecified atom stereocenters. The molecule has 0 heterocycles. The summed E-state index contributed by atoms with van der Waals surface area (Å²) in [6.45, 7) is 2.14. The number of carbonyl (C=O) groups is 1. The third-order valence-corrected chi connectivity index (χ3v) is 3.88. The van der Waals surface area contributed by atoms with Crippen molar-refractivity contribution in [2.45, 2.75) is 45.4 Å². The molecule has 2 aliphatic rings. The maximum atomic E-state index is 11.4. The van der Waals surface area contributed by atoms with Crippen molar-refractivity contribution in [1.82, 2.24) is 0 Å². The molecule has 0 aromatic rings. The number of Topliss-reactive ketones (excluding diaryl/α,β-unsaturated/α-hetero) is 1. The smallest absolute Gasteiger partial charge is 0.135 e. The van der Waals surface area contributed by atoms with Gasteiger partial charge in [0.05, 0.1) is 0 Å². The van der Waals surface area contributed by atoms with E-state index in [0.717, 1.165) is 18.3 Å². The van der Waals surface area contributed by atoms with Gasteiger partial charge in [-0.05, 0) is 24.7 Å². The fraction of sp³-hybridized carbons (Fsp3) is 0.909. The summed E-state index contributed by atoms with van der Waals surface area (Å²) >= 11 is 0. The minimum atomic E-state index is 0.379. The highest BCUT2D eigenvalue weighted by molar-refractivity contribution is 5.81.